The Hall–Kier alpha value is -8.05. The lowest BCUT2D eigenvalue weighted by atomic mass is 9.87. The summed E-state index contributed by atoms with van der Waals surface area (Å²) in [5.41, 5.74) is 10.2. The Morgan fingerprint density at radius 2 is 0.793 bits per heavy atom. The van der Waals surface area contributed by atoms with E-state index in [4.69, 9.17) is 48.1 Å². The number of carbonyl (C=O) groups excluding carboxylic acids is 5. The molecule has 3 aromatic carbocycles. The number of amidine groups is 3. The molecule has 3 saturated carbocycles. The van der Waals surface area contributed by atoms with Gasteiger partial charge in [0.2, 0.25) is 11.4 Å². The van der Waals surface area contributed by atoms with Gasteiger partial charge >= 0.3 is 18.3 Å². The number of nitrogens with zero attached hydrogens (tertiary/aromatic N) is 7. The molecule has 3 fully saturated rings. The summed E-state index contributed by atoms with van der Waals surface area (Å²) >= 11 is 4.16. The number of Topliss-reactive ketones (excluding diaryl/α,β-unsaturated/α-hetero) is 2. The molecule has 8 rings (SSSR count). The maximum atomic E-state index is 12.8. The van der Waals surface area contributed by atoms with Gasteiger partial charge < -0.3 is 19.9 Å². The molecule has 3 aliphatic rings. The van der Waals surface area contributed by atoms with Gasteiger partial charge in [-0.3, -0.25) is 50.5 Å². The van der Waals surface area contributed by atoms with Crippen molar-refractivity contribution in [3.63, 3.8) is 0 Å². The van der Waals surface area contributed by atoms with Crippen molar-refractivity contribution in [3.05, 3.63) is 171 Å². The summed E-state index contributed by atoms with van der Waals surface area (Å²) < 4.78 is 16.1. The SMILES string of the molecule is CSC(=NC1(c2cccc(N)c2)CCCC1)NC(=O)OC(C)(C)C.[C-]#[N+]c1ccc(C(=O)Cc2cccc(C3(N=C(NC(=O)OC(C)(C)C)SC)CCCC3)c2)nc1.[C-]#[N+]c1ccc(C(=O)Cc2cccc(C3(N=C(NC(=O)OC(C)(C)C)SC)CCCC3)c2)nc1. The van der Waals surface area contributed by atoms with Crippen LogP contribution in [0.25, 0.3) is 9.69 Å². The minimum Gasteiger partial charge on any atom is -0.444 e. The topological polar surface area (TPSA) is 247 Å². The fraction of sp³-hybridized carbons (Fsp3) is 0.457. The molecular formula is C70H87N11O8S3. The minimum absolute atomic E-state index is 0.103. The van der Waals surface area contributed by atoms with E-state index in [1.807, 2.05) is 148 Å². The first-order valence-electron chi connectivity index (χ1n) is 30.7. The molecule has 19 nitrogen and oxygen atoms in total. The van der Waals surface area contributed by atoms with Crippen LogP contribution in [0.1, 0.15) is 188 Å². The number of nitrogens with one attached hydrogen (secondary N) is 3. The third-order valence-corrected chi connectivity index (χ3v) is 16.8. The van der Waals surface area contributed by atoms with Crippen molar-refractivity contribution >= 4 is 97.7 Å². The van der Waals surface area contributed by atoms with Crippen molar-refractivity contribution in [1.82, 2.24) is 25.9 Å². The first-order valence-corrected chi connectivity index (χ1v) is 34.4. The number of ketones is 2. The lowest BCUT2D eigenvalue weighted by Gasteiger charge is -2.27. The summed E-state index contributed by atoms with van der Waals surface area (Å²) in [6.07, 6.45) is 19.2. The van der Waals surface area contributed by atoms with Crippen molar-refractivity contribution in [2.75, 3.05) is 24.5 Å². The second-order valence-corrected chi connectivity index (χ2v) is 28.1. The summed E-state index contributed by atoms with van der Waals surface area (Å²) in [4.78, 5) is 92.0. The monoisotopic (exact) mass is 1310 g/mol. The van der Waals surface area contributed by atoms with E-state index in [0.29, 0.717) is 38.3 Å². The van der Waals surface area contributed by atoms with Gasteiger partial charge in [0.15, 0.2) is 27.1 Å². The van der Waals surface area contributed by atoms with Crippen LogP contribution in [0.15, 0.2) is 124 Å². The van der Waals surface area contributed by atoms with Crippen LogP contribution < -0.4 is 21.7 Å². The highest BCUT2D eigenvalue weighted by Gasteiger charge is 2.39. The number of ether oxygens (including phenoxy) is 3. The number of nitrogens with two attached hydrogens (primary N) is 1. The minimum atomic E-state index is -0.593. The Kier molecular flexibility index (Phi) is 26.2. The number of aromatic nitrogens is 2. The van der Waals surface area contributed by atoms with Crippen LogP contribution in [0, 0.1) is 13.1 Å². The lowest BCUT2D eigenvalue weighted by Crippen LogP contribution is -2.36. The van der Waals surface area contributed by atoms with E-state index in [0.717, 1.165) is 111 Å². The van der Waals surface area contributed by atoms with Crippen molar-refractivity contribution in [3.8, 4) is 0 Å². The predicted octanol–water partition coefficient (Wildman–Crippen LogP) is 16.4. The number of hydrogen-bond donors (Lipinski definition) is 4. The number of nitrogen functional groups attached to an aromatic ring is 1. The number of aliphatic imine (C=N–C) groups is 3. The molecule has 22 heteroatoms. The second-order valence-electron chi connectivity index (χ2n) is 25.7. The molecule has 0 spiro atoms. The average Bonchev–Trinajstić information content (AvgIpc) is 1.56. The van der Waals surface area contributed by atoms with E-state index in [9.17, 15) is 24.0 Å². The van der Waals surface area contributed by atoms with E-state index in [1.165, 1.54) is 47.7 Å². The van der Waals surface area contributed by atoms with Gasteiger partial charge in [0.25, 0.3) is 0 Å². The molecule has 0 bridgehead atoms. The third-order valence-electron chi connectivity index (χ3n) is 15.0. The smallest absolute Gasteiger partial charge is 0.413 e. The predicted molar refractivity (Wildman–Crippen MR) is 372 cm³/mol. The Balaban J connectivity index is 0.000000223. The average molecular weight is 1310 g/mol. The van der Waals surface area contributed by atoms with Gasteiger partial charge in [0.1, 0.15) is 28.2 Å². The Labute approximate surface area is 555 Å². The Bertz CT molecular complexity index is 3380. The molecule has 0 radical (unpaired) electrons. The number of pyridine rings is 2. The van der Waals surface area contributed by atoms with Crippen molar-refractivity contribution in [2.45, 2.75) is 186 Å². The number of carbonyl (C=O) groups is 5. The first-order chi connectivity index (χ1) is 43.5. The second kappa shape index (κ2) is 33.0. The van der Waals surface area contributed by atoms with Gasteiger partial charge in [-0.1, -0.05) is 147 Å². The summed E-state index contributed by atoms with van der Waals surface area (Å²) in [6.45, 7) is 30.5. The normalized spacial score (nSPS) is 16.0. The number of rotatable bonds is 12. The number of thioether (sulfide) groups is 3. The summed E-state index contributed by atoms with van der Waals surface area (Å²) in [5, 5.41) is 9.97. The maximum Gasteiger partial charge on any atom is 0.413 e. The largest absolute Gasteiger partial charge is 0.444 e. The summed E-state index contributed by atoms with van der Waals surface area (Å²) in [6, 6.07) is 30.2. The maximum absolute atomic E-state index is 12.8. The lowest BCUT2D eigenvalue weighted by molar-refractivity contribution is 0.0552. The third kappa shape index (κ3) is 22.4. The Morgan fingerprint density at radius 3 is 1.05 bits per heavy atom. The highest BCUT2D eigenvalue weighted by molar-refractivity contribution is 8.13. The van der Waals surface area contributed by atoms with Gasteiger partial charge in [0.05, 0.1) is 29.8 Å². The molecule has 3 amide bonds. The fourth-order valence-electron chi connectivity index (χ4n) is 11.0. The molecular weight excluding hydrogens is 1220 g/mol. The van der Waals surface area contributed by atoms with E-state index in [2.05, 4.69) is 41.7 Å². The van der Waals surface area contributed by atoms with Crippen LogP contribution in [0.4, 0.5) is 31.4 Å². The van der Waals surface area contributed by atoms with Gasteiger partial charge in [-0.25, -0.2) is 24.1 Å². The van der Waals surface area contributed by atoms with Crippen LogP contribution in [0.5, 0.6) is 0 Å². The van der Waals surface area contributed by atoms with Crippen molar-refractivity contribution in [1.29, 1.82) is 0 Å². The number of alkyl carbamates (subject to hydrolysis) is 3. The zero-order valence-corrected chi connectivity index (χ0v) is 57.4. The van der Waals surface area contributed by atoms with E-state index < -0.39 is 46.2 Å². The standard InChI is InChI=1S/2C26H30N4O3S.C18H27N3O2S/c2*1-25(2,3)33-24(32)29-23(34-5)30-26(13-6-7-14-26)19-10-8-9-18(15-19)16-22(31)21-12-11-20(27-4)17-28-21;1-17(2,3)23-16(22)20-15(24-4)21-18(10-5-6-11-18)13-8-7-9-14(19)12-13/h2*8-12,15,17H,6-7,13-14,16H2,1-3,5H3,(H,29,30,32);7-9,12H,5-6,10-11,19H2,1-4H3,(H,20,21,22). The highest BCUT2D eigenvalue weighted by atomic mass is 32.2. The Morgan fingerprint density at radius 1 is 0.489 bits per heavy atom. The molecule has 0 saturated heterocycles. The van der Waals surface area contributed by atoms with Crippen molar-refractivity contribution in [2.24, 2.45) is 15.0 Å². The van der Waals surface area contributed by atoms with Crippen LogP contribution in [-0.2, 0) is 43.7 Å². The van der Waals surface area contributed by atoms with Gasteiger partial charge in [0, 0.05) is 30.9 Å². The first kappa shape index (κ1) is 73.0. The van der Waals surface area contributed by atoms with E-state index >= 15 is 0 Å². The quantitative estimate of drug-likeness (QED) is 0.0227. The van der Waals surface area contributed by atoms with Crippen molar-refractivity contribution < 1.29 is 38.2 Å². The van der Waals surface area contributed by atoms with E-state index in [1.54, 1.807) is 24.3 Å². The van der Waals surface area contributed by atoms with Crippen LogP contribution in [0.3, 0.4) is 0 Å². The summed E-state index contributed by atoms with van der Waals surface area (Å²) in [5.74, 6) is -0.205. The van der Waals surface area contributed by atoms with E-state index in [-0.39, 0.29) is 29.9 Å². The van der Waals surface area contributed by atoms with Gasteiger partial charge in [-0.05, 0) is 172 Å². The zero-order valence-electron chi connectivity index (χ0n) is 55.0. The van der Waals surface area contributed by atoms with Gasteiger partial charge in [-0.15, -0.1) is 0 Å². The van der Waals surface area contributed by atoms with Gasteiger partial charge in [-0.2, -0.15) is 0 Å². The zero-order chi connectivity index (χ0) is 67.3. The number of benzene rings is 3. The molecule has 2 heterocycles. The molecule has 0 aliphatic heterocycles. The fourth-order valence-corrected chi connectivity index (χ4v) is 12.3. The molecule has 0 atom stereocenters. The van der Waals surface area contributed by atoms with Crippen LogP contribution in [0.2, 0.25) is 0 Å². The highest BCUT2D eigenvalue weighted by Crippen LogP contribution is 2.46. The molecule has 2 aromatic heterocycles. The molecule has 5 N–H and O–H groups in total. The molecule has 488 valence electrons. The van der Waals surface area contributed by atoms with Crippen LogP contribution in [-0.4, -0.2) is 90.9 Å². The molecule has 0 unspecified atom stereocenters. The molecule has 92 heavy (non-hydrogen) atoms. The number of amides is 3. The number of hydrogen-bond acceptors (Lipinski definition) is 17. The summed E-state index contributed by atoms with van der Waals surface area (Å²) in [7, 11) is 0. The molecule has 3 aliphatic carbocycles. The van der Waals surface area contributed by atoms with Crippen LogP contribution >= 0.6 is 35.3 Å². The number of anilines is 1. The molecule has 5 aromatic rings.